The van der Waals surface area contributed by atoms with Crippen LogP contribution in [0.5, 0.6) is 0 Å². The molecule has 0 aromatic heterocycles. The Balaban J connectivity index is 1.85. The summed E-state index contributed by atoms with van der Waals surface area (Å²) in [6.45, 7) is 8.21. The van der Waals surface area contributed by atoms with E-state index in [0.717, 1.165) is 18.7 Å². The van der Waals surface area contributed by atoms with Crippen LogP contribution in [-0.4, -0.2) is 55.9 Å². The molecule has 1 aromatic carbocycles. The van der Waals surface area contributed by atoms with Gasteiger partial charge in [-0.25, -0.2) is 0 Å². The standard InChI is InChI=1S/C18H28N2O/c1-14(2)16-5-7-17(8-6-16)18(21)13-20(4)12-15-9-10-19(3)11-15/h5-8,14-15H,9-13H2,1-4H3. The van der Waals surface area contributed by atoms with E-state index in [1.807, 2.05) is 12.1 Å². The number of carbonyl (C=O) groups excluding carboxylic acids is 1. The van der Waals surface area contributed by atoms with E-state index in [1.54, 1.807) is 0 Å². The highest BCUT2D eigenvalue weighted by Gasteiger charge is 2.21. The minimum atomic E-state index is 0.221. The van der Waals surface area contributed by atoms with Crippen molar-refractivity contribution in [1.29, 1.82) is 0 Å². The molecule has 1 aromatic rings. The molecule has 116 valence electrons. The number of hydrogen-bond donors (Lipinski definition) is 0. The summed E-state index contributed by atoms with van der Waals surface area (Å²) in [6, 6.07) is 8.08. The highest BCUT2D eigenvalue weighted by Crippen LogP contribution is 2.17. The smallest absolute Gasteiger partial charge is 0.176 e. The van der Waals surface area contributed by atoms with Gasteiger partial charge in [0, 0.05) is 18.7 Å². The molecule has 0 bridgehead atoms. The summed E-state index contributed by atoms with van der Waals surface area (Å²) in [5.74, 6) is 1.44. The average Bonchev–Trinajstić information content (AvgIpc) is 2.83. The van der Waals surface area contributed by atoms with Gasteiger partial charge in [-0.3, -0.25) is 9.69 Å². The zero-order valence-electron chi connectivity index (χ0n) is 13.8. The predicted octanol–water partition coefficient (Wildman–Crippen LogP) is 2.88. The second-order valence-corrected chi connectivity index (χ2v) is 6.81. The van der Waals surface area contributed by atoms with Crippen LogP contribution in [0.1, 0.15) is 42.1 Å². The lowest BCUT2D eigenvalue weighted by Crippen LogP contribution is -2.31. The van der Waals surface area contributed by atoms with Crippen LogP contribution in [-0.2, 0) is 0 Å². The van der Waals surface area contributed by atoms with Gasteiger partial charge in [-0.2, -0.15) is 0 Å². The topological polar surface area (TPSA) is 23.6 Å². The molecule has 3 heteroatoms. The lowest BCUT2D eigenvalue weighted by Gasteiger charge is -2.20. The van der Waals surface area contributed by atoms with Crippen LogP contribution in [0.3, 0.4) is 0 Å². The third-order valence-electron chi connectivity index (χ3n) is 4.37. The molecule has 1 saturated heterocycles. The number of likely N-dealkylation sites (N-methyl/N-ethyl adjacent to an activating group) is 1. The SMILES string of the molecule is CC(C)c1ccc(C(=O)CN(C)CC2CCN(C)C2)cc1. The molecule has 0 N–H and O–H groups in total. The molecule has 3 nitrogen and oxygen atoms in total. The van der Waals surface area contributed by atoms with Crippen LogP contribution >= 0.6 is 0 Å². The van der Waals surface area contributed by atoms with Crippen molar-refractivity contribution in [2.45, 2.75) is 26.2 Å². The van der Waals surface area contributed by atoms with Crippen molar-refractivity contribution in [1.82, 2.24) is 9.80 Å². The lowest BCUT2D eigenvalue weighted by atomic mass is 10.0. The van der Waals surface area contributed by atoms with Gasteiger partial charge in [-0.1, -0.05) is 38.1 Å². The summed E-state index contributed by atoms with van der Waals surface area (Å²) in [4.78, 5) is 16.9. The maximum Gasteiger partial charge on any atom is 0.176 e. The maximum atomic E-state index is 12.3. The van der Waals surface area contributed by atoms with E-state index in [9.17, 15) is 4.79 Å². The van der Waals surface area contributed by atoms with Crippen molar-refractivity contribution in [2.24, 2.45) is 5.92 Å². The number of benzene rings is 1. The Kier molecular flexibility index (Phi) is 5.54. The van der Waals surface area contributed by atoms with Crippen LogP contribution in [0.4, 0.5) is 0 Å². The highest BCUT2D eigenvalue weighted by molar-refractivity contribution is 5.97. The maximum absolute atomic E-state index is 12.3. The van der Waals surface area contributed by atoms with Gasteiger partial charge in [0.2, 0.25) is 0 Å². The Labute approximate surface area is 128 Å². The van der Waals surface area contributed by atoms with Crippen molar-refractivity contribution in [3.8, 4) is 0 Å². The van der Waals surface area contributed by atoms with Gasteiger partial charge in [-0.15, -0.1) is 0 Å². The molecule has 1 heterocycles. The van der Waals surface area contributed by atoms with E-state index in [-0.39, 0.29) is 5.78 Å². The molecule has 0 amide bonds. The average molecular weight is 288 g/mol. The largest absolute Gasteiger partial charge is 0.306 e. The first-order chi connectivity index (χ1) is 9.95. The molecule has 0 saturated carbocycles. The van der Waals surface area contributed by atoms with Crippen molar-refractivity contribution < 1.29 is 4.79 Å². The zero-order chi connectivity index (χ0) is 15.4. The molecular weight excluding hydrogens is 260 g/mol. The second kappa shape index (κ2) is 7.19. The highest BCUT2D eigenvalue weighted by atomic mass is 16.1. The molecule has 21 heavy (non-hydrogen) atoms. The van der Waals surface area contributed by atoms with Gasteiger partial charge in [0.25, 0.3) is 0 Å². The molecule has 0 spiro atoms. The normalized spacial score (nSPS) is 19.6. The molecule has 1 atom stereocenters. The van der Waals surface area contributed by atoms with Crippen LogP contribution in [0, 0.1) is 5.92 Å². The summed E-state index contributed by atoms with van der Waals surface area (Å²) >= 11 is 0. The number of rotatable bonds is 6. The first-order valence-corrected chi connectivity index (χ1v) is 7.96. The fourth-order valence-corrected chi connectivity index (χ4v) is 3.07. The number of nitrogens with zero attached hydrogens (tertiary/aromatic N) is 2. The molecule has 1 fully saturated rings. The number of hydrogen-bond acceptors (Lipinski definition) is 3. The van der Waals surface area contributed by atoms with E-state index in [1.165, 1.54) is 18.5 Å². The Morgan fingerprint density at radius 1 is 1.33 bits per heavy atom. The summed E-state index contributed by atoms with van der Waals surface area (Å²) in [5, 5.41) is 0. The zero-order valence-corrected chi connectivity index (χ0v) is 13.8. The third-order valence-corrected chi connectivity index (χ3v) is 4.37. The summed E-state index contributed by atoms with van der Waals surface area (Å²) in [7, 11) is 4.22. The van der Waals surface area contributed by atoms with E-state index < -0.39 is 0 Å². The van der Waals surface area contributed by atoms with E-state index in [4.69, 9.17) is 0 Å². The van der Waals surface area contributed by atoms with Gasteiger partial charge >= 0.3 is 0 Å². The molecule has 1 aliphatic rings. The Morgan fingerprint density at radius 3 is 2.52 bits per heavy atom. The third kappa shape index (κ3) is 4.65. The summed E-state index contributed by atoms with van der Waals surface area (Å²) in [5.41, 5.74) is 2.11. The Hall–Kier alpha value is -1.19. The molecule has 2 rings (SSSR count). The number of Topliss-reactive ketones (excluding diaryl/α,β-unsaturated/α-hetero) is 1. The fraction of sp³-hybridized carbons (Fsp3) is 0.611. The summed E-state index contributed by atoms with van der Waals surface area (Å²) < 4.78 is 0. The van der Waals surface area contributed by atoms with Crippen LogP contribution in [0.2, 0.25) is 0 Å². The predicted molar refractivity (Wildman–Crippen MR) is 88.0 cm³/mol. The fourth-order valence-electron chi connectivity index (χ4n) is 3.07. The van der Waals surface area contributed by atoms with E-state index >= 15 is 0 Å². The quantitative estimate of drug-likeness (QED) is 0.752. The van der Waals surface area contributed by atoms with E-state index in [2.05, 4.69) is 49.9 Å². The molecular formula is C18H28N2O. The number of likely N-dealkylation sites (tertiary alicyclic amines) is 1. The second-order valence-electron chi connectivity index (χ2n) is 6.81. The van der Waals surface area contributed by atoms with Crippen molar-refractivity contribution in [3.05, 3.63) is 35.4 Å². The first kappa shape index (κ1) is 16.2. The Bertz CT molecular complexity index is 467. The van der Waals surface area contributed by atoms with Gasteiger partial charge in [0.05, 0.1) is 6.54 Å². The molecule has 1 aliphatic heterocycles. The minimum Gasteiger partial charge on any atom is -0.306 e. The van der Waals surface area contributed by atoms with Crippen LogP contribution < -0.4 is 0 Å². The van der Waals surface area contributed by atoms with Crippen LogP contribution in [0.15, 0.2) is 24.3 Å². The van der Waals surface area contributed by atoms with Crippen molar-refractivity contribution in [3.63, 3.8) is 0 Å². The molecule has 1 unspecified atom stereocenters. The summed E-state index contributed by atoms with van der Waals surface area (Å²) in [6.07, 6.45) is 1.25. The lowest BCUT2D eigenvalue weighted by molar-refractivity contribution is 0.0938. The molecule has 0 radical (unpaired) electrons. The van der Waals surface area contributed by atoms with Gasteiger partial charge in [0.15, 0.2) is 5.78 Å². The number of carbonyl (C=O) groups is 1. The van der Waals surface area contributed by atoms with Gasteiger partial charge in [0.1, 0.15) is 0 Å². The van der Waals surface area contributed by atoms with Crippen molar-refractivity contribution >= 4 is 5.78 Å². The monoisotopic (exact) mass is 288 g/mol. The number of ketones is 1. The minimum absolute atomic E-state index is 0.221. The first-order valence-electron chi connectivity index (χ1n) is 7.96. The van der Waals surface area contributed by atoms with Crippen molar-refractivity contribution in [2.75, 3.05) is 40.3 Å². The molecule has 0 aliphatic carbocycles. The van der Waals surface area contributed by atoms with Gasteiger partial charge in [-0.05, 0) is 44.5 Å². The van der Waals surface area contributed by atoms with Crippen LogP contribution in [0.25, 0.3) is 0 Å². The Morgan fingerprint density at radius 2 is 2.00 bits per heavy atom. The van der Waals surface area contributed by atoms with Gasteiger partial charge < -0.3 is 4.90 Å². The van der Waals surface area contributed by atoms with E-state index in [0.29, 0.717) is 18.4 Å².